The van der Waals surface area contributed by atoms with Gasteiger partial charge < -0.3 is 0 Å². The van der Waals surface area contributed by atoms with E-state index in [4.69, 9.17) is 0 Å². The van der Waals surface area contributed by atoms with Crippen molar-refractivity contribution in [1.82, 2.24) is 4.90 Å². The summed E-state index contributed by atoms with van der Waals surface area (Å²) in [6.45, 7) is 14.3. The minimum atomic E-state index is 0.452. The van der Waals surface area contributed by atoms with Gasteiger partial charge in [0.2, 0.25) is 0 Å². The highest BCUT2D eigenvalue weighted by atomic mass is 15.2. The largest absolute Gasteiger partial charge is 0.300 e. The minimum absolute atomic E-state index is 0.452. The van der Waals surface area contributed by atoms with E-state index in [0.717, 1.165) is 12.0 Å². The third-order valence-electron chi connectivity index (χ3n) is 3.44. The Balaban J connectivity index is 2.73. The molecule has 1 heteroatoms. The molecule has 0 bridgehead atoms. The molecule has 0 aromatic heterocycles. The van der Waals surface area contributed by atoms with Crippen molar-refractivity contribution in [2.24, 2.45) is 11.3 Å². The van der Waals surface area contributed by atoms with Gasteiger partial charge in [0.15, 0.2) is 0 Å². The van der Waals surface area contributed by atoms with Crippen LogP contribution in [0.3, 0.4) is 0 Å². The van der Waals surface area contributed by atoms with Crippen molar-refractivity contribution in [1.29, 1.82) is 0 Å². The van der Waals surface area contributed by atoms with E-state index < -0.39 is 0 Å². The van der Waals surface area contributed by atoms with Gasteiger partial charge in [0.1, 0.15) is 0 Å². The molecule has 1 heterocycles. The highest BCUT2D eigenvalue weighted by Crippen LogP contribution is 2.38. The summed E-state index contributed by atoms with van der Waals surface area (Å²) in [4.78, 5) is 2.66. The molecule has 1 aliphatic heterocycles. The molecule has 0 spiro atoms. The van der Waals surface area contributed by atoms with Crippen molar-refractivity contribution in [3.63, 3.8) is 0 Å². The highest BCUT2D eigenvalue weighted by Gasteiger charge is 2.39. The van der Waals surface area contributed by atoms with Gasteiger partial charge in [0.25, 0.3) is 0 Å². The molecule has 1 nitrogen and oxygen atoms in total. The molecule has 78 valence electrons. The highest BCUT2D eigenvalue weighted by molar-refractivity contribution is 4.93. The zero-order chi connectivity index (χ0) is 10.1. The van der Waals surface area contributed by atoms with Gasteiger partial charge in [0, 0.05) is 6.04 Å². The third-order valence-corrected chi connectivity index (χ3v) is 3.44. The molecule has 2 atom stereocenters. The fourth-order valence-electron chi connectivity index (χ4n) is 2.96. The Morgan fingerprint density at radius 1 is 1.23 bits per heavy atom. The Kier molecular flexibility index (Phi) is 3.39. The SMILES string of the molecule is CCC1CCN(CC)C1C(C)(C)C. The predicted octanol–water partition coefficient (Wildman–Crippen LogP) is 3.15. The number of rotatable bonds is 2. The summed E-state index contributed by atoms with van der Waals surface area (Å²) in [5.41, 5.74) is 0.452. The van der Waals surface area contributed by atoms with Crippen molar-refractivity contribution < 1.29 is 0 Å². The fraction of sp³-hybridized carbons (Fsp3) is 1.00. The van der Waals surface area contributed by atoms with Gasteiger partial charge in [0.05, 0.1) is 0 Å². The molecular formula is C12H25N. The smallest absolute Gasteiger partial charge is 0.0172 e. The van der Waals surface area contributed by atoms with Gasteiger partial charge in [-0.05, 0) is 30.8 Å². The van der Waals surface area contributed by atoms with Gasteiger partial charge in [-0.1, -0.05) is 41.0 Å². The number of nitrogens with zero attached hydrogens (tertiary/aromatic N) is 1. The molecule has 0 radical (unpaired) electrons. The van der Waals surface area contributed by atoms with Gasteiger partial charge in [-0.25, -0.2) is 0 Å². The van der Waals surface area contributed by atoms with Crippen LogP contribution in [0.4, 0.5) is 0 Å². The minimum Gasteiger partial charge on any atom is -0.300 e. The summed E-state index contributed by atoms with van der Waals surface area (Å²) < 4.78 is 0. The number of hydrogen-bond donors (Lipinski definition) is 0. The number of hydrogen-bond acceptors (Lipinski definition) is 1. The van der Waals surface area contributed by atoms with Crippen LogP contribution in [0.15, 0.2) is 0 Å². The van der Waals surface area contributed by atoms with Crippen molar-refractivity contribution in [3.8, 4) is 0 Å². The van der Waals surface area contributed by atoms with Gasteiger partial charge in [-0.3, -0.25) is 4.90 Å². The topological polar surface area (TPSA) is 3.24 Å². The molecule has 1 fully saturated rings. The van der Waals surface area contributed by atoms with Crippen molar-refractivity contribution >= 4 is 0 Å². The molecule has 1 aliphatic rings. The lowest BCUT2D eigenvalue weighted by atomic mass is 9.78. The van der Waals surface area contributed by atoms with Crippen LogP contribution in [0.25, 0.3) is 0 Å². The normalized spacial score (nSPS) is 31.2. The maximum Gasteiger partial charge on any atom is 0.0172 e. The molecule has 13 heavy (non-hydrogen) atoms. The molecule has 2 unspecified atom stereocenters. The standard InChI is InChI=1S/C12H25N/c1-6-10-8-9-13(7-2)11(10)12(3,4)5/h10-11H,6-9H2,1-5H3. The Labute approximate surface area is 83.5 Å². The van der Waals surface area contributed by atoms with Crippen LogP contribution in [0.1, 0.15) is 47.5 Å². The summed E-state index contributed by atoms with van der Waals surface area (Å²) in [5, 5.41) is 0. The van der Waals surface area contributed by atoms with Crippen molar-refractivity contribution in [2.45, 2.75) is 53.5 Å². The van der Waals surface area contributed by atoms with Gasteiger partial charge >= 0.3 is 0 Å². The average molecular weight is 183 g/mol. The third kappa shape index (κ3) is 2.25. The van der Waals surface area contributed by atoms with Crippen LogP contribution in [-0.4, -0.2) is 24.0 Å². The number of likely N-dealkylation sites (tertiary alicyclic amines) is 1. The summed E-state index contributed by atoms with van der Waals surface area (Å²) in [5.74, 6) is 0.931. The zero-order valence-electron chi connectivity index (χ0n) is 9.93. The first-order chi connectivity index (χ1) is 6.00. The van der Waals surface area contributed by atoms with Crippen LogP contribution in [0, 0.1) is 11.3 Å². The lowest BCUT2D eigenvalue weighted by Crippen LogP contribution is -2.42. The Hall–Kier alpha value is -0.0400. The molecular weight excluding hydrogens is 158 g/mol. The van der Waals surface area contributed by atoms with Crippen LogP contribution >= 0.6 is 0 Å². The average Bonchev–Trinajstić information content (AvgIpc) is 2.45. The summed E-state index contributed by atoms with van der Waals surface area (Å²) in [6.07, 6.45) is 2.75. The first kappa shape index (κ1) is 11.0. The van der Waals surface area contributed by atoms with Gasteiger partial charge in [-0.2, -0.15) is 0 Å². The van der Waals surface area contributed by atoms with Crippen LogP contribution < -0.4 is 0 Å². The molecule has 0 saturated carbocycles. The maximum atomic E-state index is 2.66. The lowest BCUT2D eigenvalue weighted by molar-refractivity contribution is 0.114. The molecule has 1 rings (SSSR count). The van der Waals surface area contributed by atoms with Crippen LogP contribution in [-0.2, 0) is 0 Å². The first-order valence-corrected chi connectivity index (χ1v) is 5.74. The quantitative estimate of drug-likeness (QED) is 0.635. The summed E-state index contributed by atoms with van der Waals surface area (Å²) in [7, 11) is 0. The molecule has 0 N–H and O–H groups in total. The summed E-state index contributed by atoms with van der Waals surface area (Å²) in [6, 6.07) is 0.808. The molecule has 0 aromatic carbocycles. The second-order valence-corrected chi connectivity index (χ2v) is 5.40. The lowest BCUT2D eigenvalue weighted by Gasteiger charge is -2.38. The van der Waals surface area contributed by atoms with Crippen LogP contribution in [0.2, 0.25) is 0 Å². The van der Waals surface area contributed by atoms with E-state index in [-0.39, 0.29) is 0 Å². The second kappa shape index (κ2) is 4.00. The van der Waals surface area contributed by atoms with E-state index in [1.165, 1.54) is 25.9 Å². The second-order valence-electron chi connectivity index (χ2n) is 5.40. The Bertz CT molecular complexity index is 145. The zero-order valence-corrected chi connectivity index (χ0v) is 9.93. The van der Waals surface area contributed by atoms with Crippen molar-refractivity contribution in [2.75, 3.05) is 13.1 Å². The fourth-order valence-corrected chi connectivity index (χ4v) is 2.96. The Morgan fingerprint density at radius 2 is 1.85 bits per heavy atom. The molecule has 0 aromatic rings. The Morgan fingerprint density at radius 3 is 2.23 bits per heavy atom. The van der Waals surface area contributed by atoms with Crippen molar-refractivity contribution in [3.05, 3.63) is 0 Å². The maximum absolute atomic E-state index is 2.66. The molecule has 1 saturated heterocycles. The van der Waals surface area contributed by atoms with E-state index >= 15 is 0 Å². The van der Waals surface area contributed by atoms with E-state index in [1.54, 1.807) is 0 Å². The summed E-state index contributed by atoms with van der Waals surface area (Å²) >= 11 is 0. The van der Waals surface area contributed by atoms with E-state index in [2.05, 4.69) is 39.5 Å². The van der Waals surface area contributed by atoms with Crippen LogP contribution in [0.5, 0.6) is 0 Å². The first-order valence-electron chi connectivity index (χ1n) is 5.74. The van der Waals surface area contributed by atoms with E-state index in [1.807, 2.05) is 0 Å². The predicted molar refractivity (Wildman–Crippen MR) is 58.9 cm³/mol. The molecule has 0 amide bonds. The monoisotopic (exact) mass is 183 g/mol. The molecule has 0 aliphatic carbocycles. The van der Waals surface area contributed by atoms with Gasteiger partial charge in [-0.15, -0.1) is 0 Å². The van der Waals surface area contributed by atoms with E-state index in [0.29, 0.717) is 5.41 Å². The van der Waals surface area contributed by atoms with E-state index in [9.17, 15) is 0 Å².